The Morgan fingerprint density at radius 3 is 1.93 bits per heavy atom. The van der Waals surface area contributed by atoms with Gasteiger partial charge in [0.25, 0.3) is 5.24 Å². The third kappa shape index (κ3) is 2.11. The number of carbonyl (C=O) groups is 1. The third-order valence-corrected chi connectivity index (χ3v) is 2.07. The molecule has 0 amide bonds. The molecule has 1 aromatic rings. The fourth-order valence-corrected chi connectivity index (χ4v) is 1.46. The van der Waals surface area contributed by atoms with Crippen LogP contribution >= 0.6 is 23.2 Å². The first-order valence-electron chi connectivity index (χ1n) is 3.71. The molecule has 0 fully saturated rings. The summed E-state index contributed by atoms with van der Waals surface area (Å²) in [4.78, 5) is 11.1. The van der Waals surface area contributed by atoms with E-state index >= 15 is 0 Å². The number of methoxy groups -OCH3 is 2. The minimum absolute atomic E-state index is 0.182. The van der Waals surface area contributed by atoms with Crippen LogP contribution in [0.4, 0.5) is 0 Å². The lowest BCUT2D eigenvalue weighted by Gasteiger charge is -2.10. The van der Waals surface area contributed by atoms with Crippen LogP contribution in [0.15, 0.2) is 12.1 Å². The van der Waals surface area contributed by atoms with Gasteiger partial charge in [-0.3, -0.25) is 4.79 Å². The molecule has 0 saturated heterocycles. The van der Waals surface area contributed by atoms with E-state index in [2.05, 4.69) is 0 Å². The molecule has 3 nitrogen and oxygen atoms in total. The predicted molar refractivity (Wildman–Crippen MR) is 54.7 cm³/mol. The second kappa shape index (κ2) is 4.53. The van der Waals surface area contributed by atoms with Gasteiger partial charge in [0.05, 0.1) is 14.2 Å². The van der Waals surface area contributed by atoms with Crippen molar-refractivity contribution < 1.29 is 14.3 Å². The van der Waals surface area contributed by atoms with Crippen LogP contribution < -0.4 is 9.47 Å². The molecule has 0 spiro atoms. The average molecular weight is 235 g/mol. The molecule has 0 aliphatic heterocycles. The van der Waals surface area contributed by atoms with E-state index in [9.17, 15) is 4.79 Å². The second-order valence-electron chi connectivity index (χ2n) is 2.46. The van der Waals surface area contributed by atoms with Gasteiger partial charge in [-0.25, -0.2) is 0 Å². The largest absolute Gasteiger partial charge is 0.496 e. The van der Waals surface area contributed by atoms with Crippen LogP contribution in [0.5, 0.6) is 11.5 Å². The molecule has 0 aromatic heterocycles. The maximum Gasteiger partial charge on any atom is 0.259 e. The molecule has 0 heterocycles. The fraction of sp³-hybridized carbons (Fsp3) is 0.222. The van der Waals surface area contributed by atoms with Gasteiger partial charge in [0.2, 0.25) is 0 Å². The fourth-order valence-electron chi connectivity index (χ4n) is 1.07. The summed E-state index contributed by atoms with van der Waals surface area (Å²) in [7, 11) is 2.85. The minimum Gasteiger partial charge on any atom is -0.496 e. The van der Waals surface area contributed by atoms with Crippen LogP contribution in [0.2, 0.25) is 5.02 Å². The summed E-state index contributed by atoms with van der Waals surface area (Å²) in [5, 5.41) is -0.226. The minimum atomic E-state index is -0.643. The molecule has 5 heteroatoms. The van der Waals surface area contributed by atoms with Crippen molar-refractivity contribution in [2.45, 2.75) is 0 Å². The molecule has 0 unspecified atom stereocenters. The van der Waals surface area contributed by atoms with Gasteiger partial charge in [-0.05, 0) is 23.7 Å². The second-order valence-corrected chi connectivity index (χ2v) is 3.24. The maximum absolute atomic E-state index is 11.1. The zero-order valence-electron chi connectivity index (χ0n) is 7.64. The van der Waals surface area contributed by atoms with Crippen LogP contribution in [0.3, 0.4) is 0 Å². The van der Waals surface area contributed by atoms with Gasteiger partial charge in [-0.2, -0.15) is 0 Å². The van der Waals surface area contributed by atoms with E-state index in [0.29, 0.717) is 16.5 Å². The Kier molecular flexibility index (Phi) is 3.61. The van der Waals surface area contributed by atoms with E-state index in [1.54, 1.807) is 0 Å². The van der Waals surface area contributed by atoms with Gasteiger partial charge in [-0.15, -0.1) is 0 Å². The Labute approximate surface area is 91.5 Å². The average Bonchev–Trinajstić information content (AvgIpc) is 2.15. The quantitative estimate of drug-likeness (QED) is 0.755. The summed E-state index contributed by atoms with van der Waals surface area (Å²) in [6.45, 7) is 0. The van der Waals surface area contributed by atoms with Crippen molar-refractivity contribution in [1.29, 1.82) is 0 Å². The number of benzene rings is 1. The number of hydrogen-bond donors (Lipinski definition) is 0. The van der Waals surface area contributed by atoms with Crippen LogP contribution in [-0.2, 0) is 0 Å². The first-order chi connectivity index (χ1) is 6.60. The number of halogens is 2. The Morgan fingerprint density at radius 2 is 1.64 bits per heavy atom. The van der Waals surface area contributed by atoms with E-state index in [1.807, 2.05) is 0 Å². The van der Waals surface area contributed by atoms with Crippen molar-refractivity contribution in [3.8, 4) is 11.5 Å². The summed E-state index contributed by atoms with van der Waals surface area (Å²) in [5.74, 6) is 0.601. The predicted octanol–water partition coefficient (Wildman–Crippen LogP) is 2.74. The van der Waals surface area contributed by atoms with Crippen molar-refractivity contribution in [1.82, 2.24) is 0 Å². The molecule has 0 aliphatic carbocycles. The summed E-state index contributed by atoms with van der Waals surface area (Å²) < 4.78 is 9.92. The Balaban J connectivity index is 3.40. The lowest BCUT2D eigenvalue weighted by molar-refractivity contribution is 0.107. The highest BCUT2D eigenvalue weighted by molar-refractivity contribution is 6.68. The van der Waals surface area contributed by atoms with Crippen LogP contribution in [0, 0.1) is 0 Å². The molecule has 0 radical (unpaired) electrons. The van der Waals surface area contributed by atoms with Crippen LogP contribution in [0.1, 0.15) is 10.4 Å². The number of ether oxygens (including phenoxy) is 2. The van der Waals surface area contributed by atoms with E-state index in [4.69, 9.17) is 32.7 Å². The molecule has 76 valence electrons. The smallest absolute Gasteiger partial charge is 0.259 e. The van der Waals surface area contributed by atoms with Gasteiger partial charge in [0.1, 0.15) is 17.1 Å². The number of carbonyl (C=O) groups excluding carboxylic acids is 1. The number of hydrogen-bond acceptors (Lipinski definition) is 3. The molecule has 1 rings (SSSR count). The zero-order valence-corrected chi connectivity index (χ0v) is 9.15. The monoisotopic (exact) mass is 234 g/mol. The van der Waals surface area contributed by atoms with Crippen LogP contribution in [0.25, 0.3) is 0 Å². The molecule has 1 aromatic carbocycles. The Hall–Kier alpha value is -0.930. The van der Waals surface area contributed by atoms with E-state index in [0.717, 1.165) is 0 Å². The Morgan fingerprint density at radius 1 is 1.21 bits per heavy atom. The first-order valence-corrected chi connectivity index (χ1v) is 4.47. The topological polar surface area (TPSA) is 35.5 Å². The molecule has 0 N–H and O–H groups in total. The molecular formula is C9H8Cl2O3. The van der Waals surface area contributed by atoms with Crippen LogP contribution in [-0.4, -0.2) is 19.5 Å². The molecule has 14 heavy (non-hydrogen) atoms. The molecule has 0 atom stereocenters. The lowest BCUT2D eigenvalue weighted by atomic mass is 10.2. The van der Waals surface area contributed by atoms with Gasteiger partial charge in [0, 0.05) is 5.02 Å². The highest BCUT2D eigenvalue weighted by atomic mass is 35.5. The summed E-state index contributed by atoms with van der Waals surface area (Å²) >= 11 is 11.2. The van der Waals surface area contributed by atoms with E-state index in [-0.39, 0.29) is 5.56 Å². The highest BCUT2D eigenvalue weighted by Gasteiger charge is 2.17. The van der Waals surface area contributed by atoms with Crippen molar-refractivity contribution in [3.05, 3.63) is 22.7 Å². The normalized spacial score (nSPS) is 9.71. The molecule has 0 aliphatic rings. The molecule has 0 saturated carbocycles. The zero-order chi connectivity index (χ0) is 10.7. The maximum atomic E-state index is 11.1. The van der Waals surface area contributed by atoms with Gasteiger partial charge >= 0.3 is 0 Å². The highest BCUT2D eigenvalue weighted by Crippen LogP contribution is 2.33. The van der Waals surface area contributed by atoms with Crippen molar-refractivity contribution >= 4 is 28.4 Å². The first kappa shape index (κ1) is 11.1. The number of rotatable bonds is 3. The summed E-state index contributed by atoms with van der Waals surface area (Å²) in [6.07, 6.45) is 0. The van der Waals surface area contributed by atoms with E-state index < -0.39 is 5.24 Å². The lowest BCUT2D eigenvalue weighted by Crippen LogP contribution is -1.99. The molecular weight excluding hydrogens is 227 g/mol. The summed E-state index contributed by atoms with van der Waals surface area (Å²) in [6, 6.07) is 3.00. The SMILES string of the molecule is COc1cc(Cl)cc(OC)c1C(=O)Cl. The summed E-state index contributed by atoms with van der Waals surface area (Å²) in [5.41, 5.74) is 0.182. The van der Waals surface area contributed by atoms with Gasteiger partial charge < -0.3 is 9.47 Å². The third-order valence-electron chi connectivity index (χ3n) is 1.67. The standard InChI is InChI=1S/C9H8Cl2O3/c1-13-6-3-5(10)4-7(14-2)8(6)9(11)12/h3-4H,1-2H3. The molecule has 0 bridgehead atoms. The van der Waals surface area contributed by atoms with E-state index in [1.165, 1.54) is 26.4 Å². The van der Waals surface area contributed by atoms with Gasteiger partial charge in [0.15, 0.2) is 0 Å². The van der Waals surface area contributed by atoms with Crippen molar-refractivity contribution in [2.75, 3.05) is 14.2 Å². The van der Waals surface area contributed by atoms with Crippen molar-refractivity contribution in [2.24, 2.45) is 0 Å². The van der Waals surface area contributed by atoms with Gasteiger partial charge in [-0.1, -0.05) is 11.6 Å². The van der Waals surface area contributed by atoms with Crippen molar-refractivity contribution in [3.63, 3.8) is 0 Å². The Bertz CT molecular complexity index is 338.